The van der Waals surface area contributed by atoms with E-state index < -0.39 is 71.7 Å². The summed E-state index contributed by atoms with van der Waals surface area (Å²) in [5, 5.41) is 33.0. The lowest BCUT2D eigenvalue weighted by Gasteiger charge is -2.42. The maximum absolute atomic E-state index is 14.2. The van der Waals surface area contributed by atoms with Crippen LogP contribution < -0.4 is 0 Å². The van der Waals surface area contributed by atoms with Crippen LogP contribution >= 0.6 is 0 Å². The van der Waals surface area contributed by atoms with Crippen LogP contribution in [-0.2, 0) is 44.6 Å². The molecule has 11 atom stereocenters. The molecule has 0 radical (unpaired) electrons. The highest BCUT2D eigenvalue weighted by Crippen LogP contribution is 2.37. The summed E-state index contributed by atoms with van der Waals surface area (Å²) in [5.74, 6) is -7.69. The number of hydrogen-bond donors (Lipinski definition) is 3. The lowest BCUT2D eigenvalue weighted by molar-refractivity contribution is -0.265. The summed E-state index contributed by atoms with van der Waals surface area (Å²) in [6.07, 6.45) is 11.5. The highest BCUT2D eigenvalue weighted by Gasteiger charge is 2.53. The van der Waals surface area contributed by atoms with E-state index in [4.69, 9.17) is 14.2 Å². The topological polar surface area (TPSA) is 177 Å². The summed E-state index contributed by atoms with van der Waals surface area (Å²) in [4.78, 5) is 70.7. The van der Waals surface area contributed by atoms with Crippen LogP contribution in [0.3, 0.4) is 0 Å². The Morgan fingerprint density at radius 1 is 0.918 bits per heavy atom. The van der Waals surface area contributed by atoms with Gasteiger partial charge in [-0.05, 0) is 99.5 Å². The van der Waals surface area contributed by atoms with Crippen molar-refractivity contribution in [3.05, 3.63) is 77.4 Å². The number of benzene rings is 1. The number of phenols is 1. The van der Waals surface area contributed by atoms with E-state index >= 15 is 0 Å². The molecule has 1 aromatic rings. The van der Waals surface area contributed by atoms with E-state index in [9.17, 15) is 39.3 Å². The van der Waals surface area contributed by atoms with Gasteiger partial charge in [0.15, 0.2) is 0 Å². The number of rotatable bonds is 4. The van der Waals surface area contributed by atoms with Crippen molar-refractivity contribution in [3.63, 3.8) is 0 Å². The third-order valence-electron chi connectivity index (χ3n) is 12.8. The number of nitrogens with zero attached hydrogens (tertiary/aromatic N) is 1. The number of amides is 1. The third kappa shape index (κ3) is 13.6. The van der Waals surface area contributed by atoms with Gasteiger partial charge in [0.25, 0.3) is 11.7 Å². The molecule has 12 heteroatoms. The zero-order valence-corrected chi connectivity index (χ0v) is 37.4. The number of cyclic esters (lactones) is 1. The molecule has 3 heterocycles. The van der Waals surface area contributed by atoms with Crippen LogP contribution in [0.1, 0.15) is 112 Å². The minimum absolute atomic E-state index is 0.0685. The van der Waals surface area contributed by atoms with E-state index in [1.807, 2.05) is 64.1 Å². The standard InChI is InChI=1S/C49H69NO11/c1-30-15-10-9-11-16-31(2)44(59-8)27-39-21-20-36(7)49(58,61-39)46(55)47(56)50-22-13-12-19-40(50)48(57)60-45(35(6)25-37-17-14-18-38(51)26-37)29-43(54)34(5)24-33(4)42(53)28-41(52)32(3)23-30/h9-11,14-18,24,26,30,32,34-36,39-40,42,44-45,51,53,58H,12-13,19-23,25,27-29H2,1-8H3/b11-9?,15-10+,31-16?,33-24-/t30-,32-,34-,35-,36-,39-,40-,42+,44+,45+,49-/m1/s1. The average molecular weight is 848 g/mol. The molecular weight excluding hydrogens is 779 g/mol. The Bertz CT molecular complexity index is 1830. The molecule has 3 N–H and O–H groups in total. The molecule has 1 amide bonds. The number of carbonyl (C=O) groups is 5. The zero-order chi connectivity index (χ0) is 45.0. The number of piperidine rings is 1. The Morgan fingerprint density at radius 2 is 1.66 bits per heavy atom. The lowest BCUT2D eigenvalue weighted by atomic mass is 9.85. The molecule has 4 rings (SSSR count). The molecule has 3 aliphatic rings. The van der Waals surface area contributed by atoms with Crippen molar-refractivity contribution in [1.29, 1.82) is 0 Å². The monoisotopic (exact) mass is 847 g/mol. The molecule has 2 fully saturated rings. The number of Topliss-reactive ketones (excluding diaryl/α,β-unsaturated/α-hetero) is 3. The molecular formula is C49H69NO11. The predicted octanol–water partition coefficient (Wildman–Crippen LogP) is 6.94. The Kier molecular flexibility index (Phi) is 18.4. The van der Waals surface area contributed by atoms with E-state index in [-0.39, 0.29) is 55.0 Å². The van der Waals surface area contributed by atoms with Gasteiger partial charge in [-0.1, -0.05) is 83.2 Å². The number of fused-ring (bicyclic) bond motifs is 3. The first kappa shape index (κ1) is 49.4. The molecule has 2 bridgehead atoms. The van der Waals surface area contributed by atoms with Gasteiger partial charge < -0.3 is 34.4 Å². The maximum atomic E-state index is 14.2. The van der Waals surface area contributed by atoms with Crippen LogP contribution in [0.15, 0.2) is 71.9 Å². The largest absolute Gasteiger partial charge is 0.508 e. The maximum Gasteiger partial charge on any atom is 0.329 e. The van der Waals surface area contributed by atoms with E-state index in [1.54, 1.807) is 52.2 Å². The van der Waals surface area contributed by atoms with Gasteiger partial charge in [0, 0.05) is 50.7 Å². The number of hydrogen-bond acceptors (Lipinski definition) is 11. The number of aliphatic hydroxyl groups is 2. The van der Waals surface area contributed by atoms with Gasteiger partial charge in [0.05, 0.1) is 18.3 Å². The second kappa shape index (κ2) is 22.7. The quantitative estimate of drug-likeness (QED) is 0.163. The first-order valence-corrected chi connectivity index (χ1v) is 22.0. The number of aliphatic hydroxyl groups excluding tert-OH is 1. The molecule has 336 valence electrons. The van der Waals surface area contributed by atoms with Gasteiger partial charge in [-0.25, -0.2) is 4.79 Å². The second-order valence-corrected chi connectivity index (χ2v) is 17.9. The van der Waals surface area contributed by atoms with Crippen molar-refractivity contribution >= 4 is 29.2 Å². The van der Waals surface area contributed by atoms with Crippen LogP contribution in [0.25, 0.3) is 0 Å². The SMILES string of the molecule is CO[C@H]1C[C@H]2CC[C@@H](C)[C@@](O)(O2)C(=O)C(=O)N2CCCC[C@@H]2C(=O)O[C@H]([C@H](C)Cc2cccc(O)c2)CC(=O)[C@H](C)/C=C(/C)[C@@H](O)CC(=O)[C@H](C)C[C@H](C)/C=C/C=CC=C1C. The number of esters is 1. The molecule has 2 saturated heterocycles. The predicted molar refractivity (Wildman–Crippen MR) is 232 cm³/mol. The van der Waals surface area contributed by atoms with Crippen molar-refractivity contribution in [2.24, 2.45) is 29.6 Å². The van der Waals surface area contributed by atoms with Crippen molar-refractivity contribution in [3.8, 4) is 5.75 Å². The Morgan fingerprint density at radius 3 is 2.36 bits per heavy atom. The highest BCUT2D eigenvalue weighted by molar-refractivity contribution is 6.39. The number of carbonyl (C=O) groups excluding carboxylic acids is 5. The van der Waals surface area contributed by atoms with Crippen molar-refractivity contribution in [2.45, 2.75) is 149 Å². The summed E-state index contributed by atoms with van der Waals surface area (Å²) >= 11 is 0. The summed E-state index contributed by atoms with van der Waals surface area (Å²) in [6, 6.07) is 5.53. The molecule has 0 saturated carbocycles. The first-order valence-electron chi connectivity index (χ1n) is 22.0. The summed E-state index contributed by atoms with van der Waals surface area (Å²) in [5.41, 5.74) is 2.13. The lowest BCUT2D eigenvalue weighted by Crippen LogP contribution is -2.61. The highest BCUT2D eigenvalue weighted by atomic mass is 16.6. The van der Waals surface area contributed by atoms with Crippen LogP contribution in [0, 0.1) is 29.6 Å². The van der Waals surface area contributed by atoms with Gasteiger partial charge in [-0.2, -0.15) is 0 Å². The minimum atomic E-state index is -2.42. The van der Waals surface area contributed by atoms with Crippen LogP contribution in [0.4, 0.5) is 0 Å². The number of methoxy groups -OCH3 is 1. The van der Waals surface area contributed by atoms with Crippen molar-refractivity contribution in [2.75, 3.05) is 13.7 Å². The first-order chi connectivity index (χ1) is 28.8. The van der Waals surface area contributed by atoms with E-state index in [1.165, 1.54) is 4.90 Å². The smallest absolute Gasteiger partial charge is 0.329 e. The van der Waals surface area contributed by atoms with Crippen LogP contribution in [-0.4, -0.2) is 99.3 Å². The fourth-order valence-corrected chi connectivity index (χ4v) is 8.62. The molecule has 3 aliphatic heterocycles. The van der Waals surface area contributed by atoms with E-state index in [0.29, 0.717) is 50.5 Å². The number of allylic oxidation sites excluding steroid dienone is 6. The minimum Gasteiger partial charge on any atom is -0.508 e. The summed E-state index contributed by atoms with van der Waals surface area (Å²) in [6.45, 7) is 12.8. The van der Waals surface area contributed by atoms with E-state index in [2.05, 4.69) is 0 Å². The molecule has 0 spiro atoms. The fourth-order valence-electron chi connectivity index (χ4n) is 8.62. The number of aromatic hydroxyl groups is 1. The van der Waals surface area contributed by atoms with Crippen molar-refractivity contribution in [1.82, 2.24) is 4.90 Å². The third-order valence-corrected chi connectivity index (χ3v) is 12.8. The summed E-state index contributed by atoms with van der Waals surface area (Å²) < 4.78 is 18.1. The second-order valence-electron chi connectivity index (χ2n) is 17.9. The fraction of sp³-hybridized carbons (Fsp3) is 0.612. The van der Waals surface area contributed by atoms with E-state index in [0.717, 1.165) is 11.1 Å². The normalized spacial score (nSPS) is 34.4. The van der Waals surface area contributed by atoms with Crippen LogP contribution in [0.2, 0.25) is 0 Å². The molecule has 61 heavy (non-hydrogen) atoms. The van der Waals surface area contributed by atoms with Gasteiger partial charge in [-0.3, -0.25) is 19.2 Å². The Hall–Kier alpha value is -4.23. The Labute approximate surface area is 362 Å². The molecule has 0 aromatic heterocycles. The Balaban J connectivity index is 1.68. The number of phenolic OH excluding ortho intramolecular Hbond substituents is 1. The summed E-state index contributed by atoms with van der Waals surface area (Å²) in [7, 11) is 1.58. The average Bonchev–Trinajstić information content (AvgIpc) is 3.22. The molecule has 0 aliphatic carbocycles. The van der Waals surface area contributed by atoms with Gasteiger partial charge in [0.1, 0.15) is 29.5 Å². The molecule has 1 aromatic carbocycles. The number of ketones is 3. The zero-order valence-electron chi connectivity index (χ0n) is 37.4. The van der Waals surface area contributed by atoms with Gasteiger partial charge in [0.2, 0.25) is 5.79 Å². The van der Waals surface area contributed by atoms with Crippen molar-refractivity contribution < 1.29 is 53.5 Å². The number of ether oxygens (including phenoxy) is 3. The molecule has 12 nitrogen and oxygen atoms in total. The van der Waals surface area contributed by atoms with Gasteiger partial charge >= 0.3 is 5.97 Å². The van der Waals surface area contributed by atoms with Gasteiger partial charge in [-0.15, -0.1) is 0 Å². The van der Waals surface area contributed by atoms with Crippen LogP contribution in [0.5, 0.6) is 5.75 Å². The molecule has 0 unspecified atom stereocenters.